The van der Waals surface area contributed by atoms with Gasteiger partial charge in [0.15, 0.2) is 0 Å². The molecule has 1 aliphatic heterocycles. The predicted molar refractivity (Wildman–Crippen MR) is 131 cm³/mol. The number of likely N-dealkylation sites (tertiary alicyclic amines) is 1. The first-order chi connectivity index (χ1) is 15.6. The molecule has 1 amide bonds. The second-order valence-corrected chi connectivity index (χ2v) is 9.23. The predicted octanol–water partition coefficient (Wildman–Crippen LogP) is 4.85. The van der Waals surface area contributed by atoms with E-state index in [1.807, 2.05) is 43.3 Å². The molecule has 0 spiro atoms. The molecular weight excluding hydrogens is 440 g/mol. The van der Waals surface area contributed by atoms with Crippen LogP contribution < -0.4 is 4.74 Å². The molecule has 1 heterocycles. The van der Waals surface area contributed by atoms with Gasteiger partial charge in [0.1, 0.15) is 11.5 Å². The molecule has 1 fully saturated rings. The monoisotopic (exact) mass is 470 g/mol. The number of rotatable bonds is 8. The highest BCUT2D eigenvalue weighted by Gasteiger charge is 2.45. The number of carbonyl (C=O) groups excluding carboxylic acids is 2. The summed E-state index contributed by atoms with van der Waals surface area (Å²) in [7, 11) is 5.42. The lowest BCUT2D eigenvalue weighted by molar-refractivity contribution is -0.139. The first kappa shape index (κ1) is 24.8. The van der Waals surface area contributed by atoms with Crippen LogP contribution in [0.25, 0.3) is 5.76 Å². The van der Waals surface area contributed by atoms with E-state index in [9.17, 15) is 14.7 Å². The van der Waals surface area contributed by atoms with E-state index in [4.69, 9.17) is 16.3 Å². The van der Waals surface area contributed by atoms with Crippen LogP contribution in [0.5, 0.6) is 5.75 Å². The van der Waals surface area contributed by atoms with Crippen LogP contribution >= 0.6 is 11.6 Å². The van der Waals surface area contributed by atoms with Gasteiger partial charge in [0, 0.05) is 12.1 Å². The molecule has 0 saturated carbocycles. The lowest BCUT2D eigenvalue weighted by Crippen LogP contribution is -2.32. The number of hydrogen-bond donors (Lipinski definition) is 1. The molecule has 2 aromatic carbocycles. The molecule has 1 N–H and O–H groups in total. The molecule has 1 atom stereocenters. The molecule has 7 heteroatoms. The molecule has 3 rings (SSSR count). The van der Waals surface area contributed by atoms with Crippen molar-refractivity contribution in [1.82, 2.24) is 9.80 Å². The number of benzene rings is 2. The average molecular weight is 471 g/mol. The molecule has 6 nitrogen and oxygen atoms in total. The van der Waals surface area contributed by atoms with Crippen LogP contribution in [-0.4, -0.2) is 60.9 Å². The van der Waals surface area contributed by atoms with Gasteiger partial charge in [-0.2, -0.15) is 0 Å². The Labute approximate surface area is 200 Å². The minimum absolute atomic E-state index is 0.0726. The van der Waals surface area contributed by atoms with E-state index in [2.05, 4.69) is 13.8 Å². The molecule has 0 bridgehead atoms. The number of Topliss-reactive ketones (excluding diaryl/α,β-unsaturated/α-hetero) is 1. The summed E-state index contributed by atoms with van der Waals surface area (Å²) >= 11 is 6.25. The van der Waals surface area contributed by atoms with Crippen molar-refractivity contribution in [3.05, 3.63) is 69.8 Å². The van der Waals surface area contributed by atoms with Gasteiger partial charge in [-0.25, -0.2) is 0 Å². The van der Waals surface area contributed by atoms with Crippen molar-refractivity contribution >= 4 is 29.1 Å². The molecule has 0 aromatic heterocycles. The molecule has 1 aliphatic rings. The number of halogens is 1. The summed E-state index contributed by atoms with van der Waals surface area (Å²) in [6.45, 7) is 5.39. The maximum atomic E-state index is 13.1. The highest BCUT2D eigenvalue weighted by atomic mass is 35.5. The van der Waals surface area contributed by atoms with Crippen LogP contribution in [0.1, 0.15) is 48.9 Å². The van der Waals surface area contributed by atoms with Crippen molar-refractivity contribution < 1.29 is 19.4 Å². The first-order valence-electron chi connectivity index (χ1n) is 11.0. The summed E-state index contributed by atoms with van der Waals surface area (Å²) in [5.74, 6) is -0.730. The van der Waals surface area contributed by atoms with Gasteiger partial charge < -0.3 is 19.6 Å². The molecule has 0 radical (unpaired) electrons. The SMILES string of the molecule is COc1ccc(C(O)=C2C(=O)C(=O)N(CCCN(C)C)[C@H]2c2ccc(C(C)C)cc2)cc1Cl. The molecule has 2 aromatic rings. The second-order valence-electron chi connectivity index (χ2n) is 8.82. The molecule has 1 saturated heterocycles. The van der Waals surface area contributed by atoms with Crippen LogP contribution in [0.4, 0.5) is 0 Å². The van der Waals surface area contributed by atoms with Gasteiger partial charge in [0.05, 0.1) is 23.7 Å². The Morgan fingerprint density at radius 1 is 1.15 bits per heavy atom. The van der Waals surface area contributed by atoms with E-state index in [0.29, 0.717) is 35.2 Å². The van der Waals surface area contributed by atoms with Crippen molar-refractivity contribution in [3.63, 3.8) is 0 Å². The smallest absolute Gasteiger partial charge is 0.295 e. The highest BCUT2D eigenvalue weighted by Crippen LogP contribution is 2.40. The van der Waals surface area contributed by atoms with Crippen LogP contribution in [0.15, 0.2) is 48.0 Å². The summed E-state index contributed by atoms with van der Waals surface area (Å²) < 4.78 is 5.18. The van der Waals surface area contributed by atoms with E-state index >= 15 is 0 Å². The maximum Gasteiger partial charge on any atom is 0.295 e. The van der Waals surface area contributed by atoms with Gasteiger partial charge >= 0.3 is 0 Å². The van der Waals surface area contributed by atoms with Crippen molar-refractivity contribution in [2.45, 2.75) is 32.2 Å². The van der Waals surface area contributed by atoms with Crippen LogP contribution in [0, 0.1) is 0 Å². The lowest BCUT2D eigenvalue weighted by atomic mass is 9.93. The van der Waals surface area contributed by atoms with Crippen LogP contribution in [0.2, 0.25) is 5.02 Å². The summed E-state index contributed by atoms with van der Waals surface area (Å²) in [5, 5.41) is 11.5. The number of hydrogen-bond acceptors (Lipinski definition) is 5. The number of nitrogens with zero attached hydrogens (tertiary/aromatic N) is 2. The van der Waals surface area contributed by atoms with E-state index < -0.39 is 17.7 Å². The summed E-state index contributed by atoms with van der Waals surface area (Å²) in [6, 6.07) is 12.0. The molecule has 0 aliphatic carbocycles. The third-order valence-corrected chi connectivity index (χ3v) is 6.18. The lowest BCUT2D eigenvalue weighted by Gasteiger charge is -2.26. The first-order valence-corrected chi connectivity index (χ1v) is 11.4. The molecule has 33 heavy (non-hydrogen) atoms. The van der Waals surface area contributed by atoms with Gasteiger partial charge in [0.25, 0.3) is 11.7 Å². The Hall–Kier alpha value is -2.83. The van der Waals surface area contributed by atoms with Gasteiger partial charge in [-0.05, 0) is 62.3 Å². The fraction of sp³-hybridized carbons (Fsp3) is 0.385. The minimum atomic E-state index is -0.692. The van der Waals surface area contributed by atoms with Crippen molar-refractivity contribution in [3.8, 4) is 5.75 Å². The topological polar surface area (TPSA) is 70.1 Å². The zero-order valence-corrected chi connectivity index (χ0v) is 20.5. The van der Waals surface area contributed by atoms with Gasteiger partial charge in [0.2, 0.25) is 0 Å². The zero-order chi connectivity index (χ0) is 24.3. The third kappa shape index (κ3) is 5.23. The number of aliphatic hydroxyl groups is 1. The summed E-state index contributed by atoms with van der Waals surface area (Å²) in [5.41, 5.74) is 2.37. The standard InChI is InChI=1S/C26H31ClN2O4/c1-16(2)17-7-9-18(10-8-17)23-22(24(30)19-11-12-21(33-5)20(27)15-19)25(31)26(32)29(23)14-6-13-28(3)4/h7-12,15-16,23,30H,6,13-14H2,1-5H3/t23-/m0/s1. The normalized spacial score (nSPS) is 17.9. The minimum Gasteiger partial charge on any atom is -0.507 e. The Morgan fingerprint density at radius 3 is 2.36 bits per heavy atom. The van der Waals surface area contributed by atoms with E-state index in [-0.39, 0.29) is 11.3 Å². The van der Waals surface area contributed by atoms with Gasteiger partial charge in [-0.1, -0.05) is 49.7 Å². The molecular formula is C26H31ClN2O4. The van der Waals surface area contributed by atoms with Crippen LogP contribution in [0.3, 0.4) is 0 Å². The van der Waals surface area contributed by atoms with E-state index in [0.717, 1.165) is 17.7 Å². The molecule has 0 unspecified atom stereocenters. The number of aliphatic hydroxyl groups excluding tert-OH is 1. The largest absolute Gasteiger partial charge is 0.507 e. The van der Waals surface area contributed by atoms with Gasteiger partial charge in [-0.15, -0.1) is 0 Å². The van der Waals surface area contributed by atoms with Gasteiger partial charge in [-0.3, -0.25) is 9.59 Å². The summed E-state index contributed by atoms with van der Waals surface area (Å²) in [6.07, 6.45) is 0.703. The quantitative estimate of drug-likeness (QED) is 0.339. The Bertz CT molecular complexity index is 1060. The van der Waals surface area contributed by atoms with E-state index in [1.165, 1.54) is 13.2 Å². The van der Waals surface area contributed by atoms with Crippen molar-refractivity contribution in [2.75, 3.05) is 34.3 Å². The second kappa shape index (κ2) is 10.4. The zero-order valence-electron chi connectivity index (χ0n) is 19.8. The molecule has 176 valence electrons. The van der Waals surface area contributed by atoms with Crippen molar-refractivity contribution in [2.24, 2.45) is 0 Å². The number of carbonyl (C=O) groups is 2. The third-order valence-electron chi connectivity index (χ3n) is 5.89. The fourth-order valence-electron chi connectivity index (χ4n) is 4.05. The Balaban J connectivity index is 2.10. The number of methoxy groups -OCH3 is 1. The van der Waals surface area contributed by atoms with E-state index in [1.54, 1.807) is 17.0 Å². The Kier molecular flexibility index (Phi) is 7.82. The number of ketones is 1. The highest BCUT2D eigenvalue weighted by molar-refractivity contribution is 6.46. The number of amides is 1. The summed E-state index contributed by atoms with van der Waals surface area (Å²) in [4.78, 5) is 29.7. The fourth-order valence-corrected chi connectivity index (χ4v) is 4.30. The Morgan fingerprint density at radius 2 is 1.82 bits per heavy atom. The average Bonchev–Trinajstić information content (AvgIpc) is 3.03. The maximum absolute atomic E-state index is 13.1. The van der Waals surface area contributed by atoms with Crippen LogP contribution in [-0.2, 0) is 9.59 Å². The van der Waals surface area contributed by atoms with Crippen molar-refractivity contribution in [1.29, 1.82) is 0 Å². The number of ether oxygens (including phenoxy) is 1.